The van der Waals surface area contributed by atoms with E-state index in [9.17, 15) is 9.90 Å². The second kappa shape index (κ2) is 4.56. The predicted octanol–water partition coefficient (Wildman–Crippen LogP) is 1.77. The molecule has 2 amide bonds. The van der Waals surface area contributed by atoms with Crippen LogP contribution in [-0.2, 0) is 7.05 Å². The molecule has 0 unspecified atom stereocenters. The number of para-hydroxylation sites is 2. The molecule has 0 bridgehead atoms. The minimum absolute atomic E-state index is 0.0210. The molecule has 0 fully saturated rings. The number of benzene rings is 1. The number of nitrogens with zero attached hydrogens (tertiary/aromatic N) is 2. The first-order chi connectivity index (χ1) is 8.16. The highest BCUT2D eigenvalue weighted by Crippen LogP contribution is 2.21. The standard InChI is InChI=1S/C11H12N4O2/c1-15-10(6-7-12-15)14-11(17)13-8-4-2-3-5-9(8)16/h2-7,16H,1H3,(H2,13,14,17). The van der Waals surface area contributed by atoms with Crippen LogP contribution in [0.15, 0.2) is 36.5 Å². The lowest BCUT2D eigenvalue weighted by Gasteiger charge is -2.08. The molecule has 3 N–H and O–H groups in total. The number of anilines is 2. The fraction of sp³-hybridized carbons (Fsp3) is 0.0909. The lowest BCUT2D eigenvalue weighted by atomic mass is 10.3. The van der Waals surface area contributed by atoms with Crippen LogP contribution in [-0.4, -0.2) is 20.9 Å². The van der Waals surface area contributed by atoms with Gasteiger partial charge in [0, 0.05) is 13.1 Å². The molecular weight excluding hydrogens is 220 g/mol. The Hall–Kier alpha value is -2.50. The van der Waals surface area contributed by atoms with Crippen LogP contribution in [0.4, 0.5) is 16.3 Å². The molecule has 0 aliphatic rings. The van der Waals surface area contributed by atoms with Gasteiger partial charge >= 0.3 is 6.03 Å². The summed E-state index contributed by atoms with van der Waals surface area (Å²) in [7, 11) is 1.72. The maximum atomic E-state index is 11.6. The van der Waals surface area contributed by atoms with E-state index in [2.05, 4.69) is 15.7 Å². The number of nitrogens with one attached hydrogen (secondary N) is 2. The van der Waals surface area contributed by atoms with Crippen molar-refractivity contribution < 1.29 is 9.90 Å². The summed E-state index contributed by atoms with van der Waals surface area (Å²) in [5.41, 5.74) is 0.354. The van der Waals surface area contributed by atoms with Crippen molar-refractivity contribution in [3.05, 3.63) is 36.5 Å². The molecule has 88 valence electrons. The average molecular weight is 232 g/mol. The van der Waals surface area contributed by atoms with Crippen molar-refractivity contribution in [2.45, 2.75) is 0 Å². The molecule has 6 heteroatoms. The molecule has 1 aromatic carbocycles. The number of hydrogen-bond donors (Lipinski definition) is 3. The maximum absolute atomic E-state index is 11.6. The Kier molecular flexibility index (Phi) is 2.95. The topological polar surface area (TPSA) is 79.2 Å². The Morgan fingerprint density at radius 1 is 1.29 bits per heavy atom. The summed E-state index contributed by atoms with van der Waals surface area (Å²) < 4.78 is 1.53. The number of urea groups is 1. The van der Waals surface area contributed by atoms with E-state index in [1.165, 1.54) is 10.7 Å². The number of aromatic hydroxyl groups is 1. The van der Waals surface area contributed by atoms with Gasteiger partial charge in [-0.15, -0.1) is 0 Å². The van der Waals surface area contributed by atoms with Gasteiger partial charge in [-0.2, -0.15) is 5.10 Å². The first kappa shape index (κ1) is 11.0. The minimum Gasteiger partial charge on any atom is -0.506 e. The number of aromatic nitrogens is 2. The lowest BCUT2D eigenvalue weighted by Crippen LogP contribution is -2.21. The summed E-state index contributed by atoms with van der Waals surface area (Å²) in [5, 5.41) is 18.5. The summed E-state index contributed by atoms with van der Waals surface area (Å²) in [6, 6.07) is 7.75. The summed E-state index contributed by atoms with van der Waals surface area (Å²) in [4.78, 5) is 11.6. The van der Waals surface area contributed by atoms with Crippen molar-refractivity contribution in [1.29, 1.82) is 0 Å². The number of aryl methyl sites for hydroxylation is 1. The van der Waals surface area contributed by atoms with E-state index in [0.717, 1.165) is 0 Å². The first-order valence-electron chi connectivity index (χ1n) is 5.01. The molecule has 0 saturated carbocycles. The molecule has 0 aliphatic heterocycles. The molecule has 2 rings (SSSR count). The summed E-state index contributed by atoms with van der Waals surface area (Å²) in [5.74, 6) is 0.588. The zero-order valence-electron chi connectivity index (χ0n) is 9.21. The maximum Gasteiger partial charge on any atom is 0.324 e. The Morgan fingerprint density at radius 2 is 2.06 bits per heavy atom. The first-order valence-corrected chi connectivity index (χ1v) is 5.01. The zero-order valence-corrected chi connectivity index (χ0v) is 9.21. The van der Waals surface area contributed by atoms with Gasteiger partial charge in [0.2, 0.25) is 0 Å². The van der Waals surface area contributed by atoms with Crippen LogP contribution >= 0.6 is 0 Å². The number of rotatable bonds is 2. The Bertz CT molecular complexity index is 536. The Labute approximate surface area is 97.9 Å². The number of phenolic OH excluding ortho intramolecular Hbond substituents is 1. The van der Waals surface area contributed by atoms with Crippen LogP contribution in [0, 0.1) is 0 Å². The quantitative estimate of drug-likeness (QED) is 0.690. The highest BCUT2D eigenvalue weighted by atomic mass is 16.3. The fourth-order valence-corrected chi connectivity index (χ4v) is 1.35. The van der Waals surface area contributed by atoms with E-state index in [-0.39, 0.29) is 5.75 Å². The van der Waals surface area contributed by atoms with E-state index in [0.29, 0.717) is 11.5 Å². The summed E-state index contributed by atoms with van der Waals surface area (Å²) in [6.45, 7) is 0. The van der Waals surface area contributed by atoms with Crippen LogP contribution in [0.3, 0.4) is 0 Å². The largest absolute Gasteiger partial charge is 0.506 e. The molecule has 0 aliphatic carbocycles. The summed E-state index contributed by atoms with van der Waals surface area (Å²) in [6.07, 6.45) is 1.58. The van der Waals surface area contributed by atoms with Gasteiger partial charge in [-0.3, -0.25) is 10.00 Å². The van der Waals surface area contributed by atoms with Gasteiger partial charge < -0.3 is 10.4 Å². The van der Waals surface area contributed by atoms with Gasteiger partial charge in [0.15, 0.2) is 0 Å². The van der Waals surface area contributed by atoms with Crippen LogP contribution < -0.4 is 10.6 Å². The van der Waals surface area contributed by atoms with Crippen LogP contribution in [0.1, 0.15) is 0 Å². The SMILES string of the molecule is Cn1nccc1NC(=O)Nc1ccccc1O. The summed E-state index contributed by atoms with van der Waals surface area (Å²) >= 11 is 0. The van der Waals surface area contributed by atoms with Crippen molar-refractivity contribution >= 4 is 17.5 Å². The molecule has 6 nitrogen and oxygen atoms in total. The number of hydrogen-bond acceptors (Lipinski definition) is 3. The predicted molar refractivity (Wildman–Crippen MR) is 64.0 cm³/mol. The van der Waals surface area contributed by atoms with Gasteiger partial charge in [0.1, 0.15) is 11.6 Å². The van der Waals surface area contributed by atoms with E-state index in [1.807, 2.05) is 0 Å². The van der Waals surface area contributed by atoms with Crippen molar-refractivity contribution in [3.8, 4) is 5.75 Å². The van der Waals surface area contributed by atoms with Gasteiger partial charge in [-0.25, -0.2) is 4.79 Å². The van der Waals surface area contributed by atoms with Crippen molar-refractivity contribution in [3.63, 3.8) is 0 Å². The molecule has 1 heterocycles. The third-order valence-electron chi connectivity index (χ3n) is 2.21. The van der Waals surface area contributed by atoms with E-state index in [4.69, 9.17) is 0 Å². The van der Waals surface area contributed by atoms with Crippen LogP contribution in [0.2, 0.25) is 0 Å². The van der Waals surface area contributed by atoms with Gasteiger partial charge in [-0.05, 0) is 12.1 Å². The highest BCUT2D eigenvalue weighted by Gasteiger charge is 2.07. The number of amides is 2. The molecule has 2 aromatic rings. The van der Waals surface area contributed by atoms with E-state index < -0.39 is 6.03 Å². The Morgan fingerprint density at radius 3 is 2.71 bits per heavy atom. The van der Waals surface area contributed by atoms with E-state index >= 15 is 0 Å². The molecule has 0 radical (unpaired) electrons. The molecular formula is C11H12N4O2. The average Bonchev–Trinajstić information content (AvgIpc) is 2.68. The number of phenols is 1. The lowest BCUT2D eigenvalue weighted by molar-refractivity contribution is 0.262. The minimum atomic E-state index is -0.435. The van der Waals surface area contributed by atoms with Crippen LogP contribution in [0.25, 0.3) is 0 Å². The fourth-order valence-electron chi connectivity index (χ4n) is 1.35. The van der Waals surface area contributed by atoms with Crippen LogP contribution in [0.5, 0.6) is 5.75 Å². The second-order valence-electron chi connectivity index (χ2n) is 3.44. The monoisotopic (exact) mass is 232 g/mol. The third kappa shape index (κ3) is 2.54. The zero-order chi connectivity index (χ0) is 12.3. The molecule has 0 atom stereocenters. The molecule has 17 heavy (non-hydrogen) atoms. The second-order valence-corrected chi connectivity index (χ2v) is 3.44. The number of carbonyl (C=O) groups excluding carboxylic acids is 1. The molecule has 0 spiro atoms. The third-order valence-corrected chi connectivity index (χ3v) is 2.21. The van der Waals surface area contributed by atoms with Gasteiger partial charge in [0.05, 0.1) is 11.9 Å². The molecule has 1 aromatic heterocycles. The van der Waals surface area contributed by atoms with Gasteiger partial charge in [0.25, 0.3) is 0 Å². The Balaban J connectivity index is 2.03. The number of carbonyl (C=O) groups is 1. The normalized spacial score (nSPS) is 9.94. The van der Waals surface area contributed by atoms with Crippen molar-refractivity contribution in [2.75, 3.05) is 10.6 Å². The van der Waals surface area contributed by atoms with Crippen molar-refractivity contribution in [1.82, 2.24) is 9.78 Å². The molecule has 0 saturated heterocycles. The van der Waals surface area contributed by atoms with Crippen molar-refractivity contribution in [2.24, 2.45) is 7.05 Å². The van der Waals surface area contributed by atoms with E-state index in [1.54, 1.807) is 37.5 Å². The smallest absolute Gasteiger partial charge is 0.324 e. The highest BCUT2D eigenvalue weighted by molar-refractivity contribution is 6.00. The van der Waals surface area contributed by atoms with Gasteiger partial charge in [-0.1, -0.05) is 12.1 Å².